The molecule has 2 rings (SSSR count). The van der Waals surface area contributed by atoms with Crippen LogP contribution in [0.15, 0.2) is 6.20 Å². The Hall–Kier alpha value is -0.490. The van der Waals surface area contributed by atoms with E-state index in [-0.39, 0.29) is 5.41 Å². The van der Waals surface area contributed by atoms with E-state index < -0.39 is 0 Å². The van der Waals surface area contributed by atoms with Gasteiger partial charge in [0.05, 0.1) is 5.01 Å². The van der Waals surface area contributed by atoms with Crippen molar-refractivity contribution in [1.29, 1.82) is 0 Å². The number of nitrogens with one attached hydrogen (secondary N) is 1. The fraction of sp³-hybridized carbons (Fsp3) is 0.800. The summed E-state index contributed by atoms with van der Waals surface area (Å²) < 4.78 is 0. The Morgan fingerprint density at radius 1 is 1.25 bits per heavy atom. The first-order chi connectivity index (χ1) is 9.45. The lowest BCUT2D eigenvalue weighted by molar-refractivity contribution is 0.154. The molecule has 0 amide bonds. The fourth-order valence-electron chi connectivity index (χ4n) is 2.26. The van der Waals surface area contributed by atoms with Crippen LogP contribution in [0.25, 0.3) is 0 Å². The Bertz CT molecular complexity index is 402. The third-order valence-corrected chi connectivity index (χ3v) is 5.12. The van der Waals surface area contributed by atoms with E-state index in [1.54, 1.807) is 0 Å². The van der Waals surface area contributed by atoms with Gasteiger partial charge in [-0.1, -0.05) is 20.8 Å². The lowest BCUT2D eigenvalue weighted by Crippen LogP contribution is -2.46. The van der Waals surface area contributed by atoms with Crippen molar-refractivity contribution in [1.82, 2.24) is 20.1 Å². The third-order valence-electron chi connectivity index (χ3n) is 3.70. The number of likely N-dealkylation sites (N-methyl/N-ethyl adjacent to an activating group) is 1. The van der Waals surface area contributed by atoms with E-state index >= 15 is 0 Å². The van der Waals surface area contributed by atoms with E-state index in [0.29, 0.717) is 0 Å². The molecule has 0 atom stereocenters. The van der Waals surface area contributed by atoms with E-state index in [0.717, 1.165) is 19.6 Å². The van der Waals surface area contributed by atoms with Gasteiger partial charge in [-0.2, -0.15) is 0 Å². The first-order valence-corrected chi connectivity index (χ1v) is 8.33. The molecule has 5 heteroatoms. The molecule has 1 aromatic heterocycles. The van der Waals surface area contributed by atoms with Crippen LogP contribution in [-0.4, -0.2) is 61.1 Å². The summed E-state index contributed by atoms with van der Waals surface area (Å²) in [6, 6.07) is 0. The zero-order valence-corrected chi connectivity index (χ0v) is 14.1. The van der Waals surface area contributed by atoms with Crippen molar-refractivity contribution >= 4 is 11.3 Å². The van der Waals surface area contributed by atoms with Crippen molar-refractivity contribution in [3.05, 3.63) is 16.1 Å². The van der Waals surface area contributed by atoms with Crippen LogP contribution in [-0.2, 0) is 12.0 Å². The molecule has 0 radical (unpaired) electrons. The van der Waals surface area contributed by atoms with Crippen LogP contribution in [0.3, 0.4) is 0 Å². The molecule has 1 aliphatic rings. The molecule has 0 spiro atoms. The maximum absolute atomic E-state index is 4.53. The summed E-state index contributed by atoms with van der Waals surface area (Å²) in [7, 11) is 2.20. The Balaban J connectivity index is 1.65. The highest BCUT2D eigenvalue weighted by Crippen LogP contribution is 2.26. The highest BCUT2D eigenvalue weighted by molar-refractivity contribution is 7.11. The standard InChI is InChI=1S/C15H28N4S/c1-15(2,3)14-17-12-13(20-14)11-16-5-6-19-9-7-18(4)8-10-19/h12,16H,5-11H2,1-4H3. The zero-order chi connectivity index (χ0) is 14.6. The van der Waals surface area contributed by atoms with Crippen LogP contribution in [0.2, 0.25) is 0 Å². The summed E-state index contributed by atoms with van der Waals surface area (Å²) in [5.74, 6) is 0. The average Bonchev–Trinajstić information content (AvgIpc) is 2.85. The van der Waals surface area contributed by atoms with Gasteiger partial charge in [0.2, 0.25) is 0 Å². The molecule has 0 saturated carbocycles. The predicted octanol–water partition coefficient (Wildman–Crippen LogP) is 1.78. The molecule has 1 N–H and O–H groups in total. The van der Waals surface area contributed by atoms with Crippen molar-refractivity contribution in [2.24, 2.45) is 0 Å². The molecule has 0 unspecified atom stereocenters. The smallest absolute Gasteiger partial charge is 0.0981 e. The molecule has 1 aliphatic heterocycles. The van der Waals surface area contributed by atoms with E-state index in [9.17, 15) is 0 Å². The fourth-order valence-corrected chi connectivity index (χ4v) is 3.20. The first-order valence-electron chi connectivity index (χ1n) is 7.52. The van der Waals surface area contributed by atoms with Gasteiger partial charge in [0.25, 0.3) is 0 Å². The highest BCUT2D eigenvalue weighted by atomic mass is 32.1. The number of thiazole rings is 1. The number of hydrogen-bond acceptors (Lipinski definition) is 5. The molecule has 0 aliphatic carbocycles. The van der Waals surface area contributed by atoms with Gasteiger partial charge in [-0.05, 0) is 7.05 Å². The molecule has 1 aromatic rings. The SMILES string of the molecule is CN1CCN(CCNCc2cnc(C(C)(C)C)s2)CC1. The Labute approximate surface area is 127 Å². The largest absolute Gasteiger partial charge is 0.311 e. The zero-order valence-electron chi connectivity index (χ0n) is 13.3. The second-order valence-electron chi connectivity index (χ2n) is 6.70. The number of hydrogen-bond donors (Lipinski definition) is 1. The van der Waals surface area contributed by atoms with Gasteiger partial charge in [0, 0.05) is 62.3 Å². The highest BCUT2D eigenvalue weighted by Gasteiger charge is 2.18. The van der Waals surface area contributed by atoms with Gasteiger partial charge in [-0.15, -0.1) is 11.3 Å². The molecule has 4 nitrogen and oxygen atoms in total. The van der Waals surface area contributed by atoms with Gasteiger partial charge in [0.1, 0.15) is 0 Å². The van der Waals surface area contributed by atoms with Crippen molar-refractivity contribution in [3.8, 4) is 0 Å². The molecule has 114 valence electrons. The first kappa shape index (κ1) is 15.9. The maximum atomic E-state index is 4.53. The topological polar surface area (TPSA) is 31.4 Å². The monoisotopic (exact) mass is 296 g/mol. The van der Waals surface area contributed by atoms with E-state index in [1.165, 1.54) is 36.1 Å². The number of aromatic nitrogens is 1. The minimum atomic E-state index is 0.169. The summed E-state index contributed by atoms with van der Waals surface area (Å²) in [6.07, 6.45) is 2.02. The summed E-state index contributed by atoms with van der Waals surface area (Å²) in [4.78, 5) is 10.8. The summed E-state index contributed by atoms with van der Waals surface area (Å²) >= 11 is 1.83. The summed E-state index contributed by atoms with van der Waals surface area (Å²) in [6.45, 7) is 14.6. The average molecular weight is 296 g/mol. The van der Waals surface area contributed by atoms with Gasteiger partial charge in [-0.25, -0.2) is 4.98 Å². The molecular weight excluding hydrogens is 268 g/mol. The minimum absolute atomic E-state index is 0.169. The predicted molar refractivity (Wildman–Crippen MR) is 86.5 cm³/mol. The van der Waals surface area contributed by atoms with E-state index in [1.807, 2.05) is 17.5 Å². The van der Waals surface area contributed by atoms with Gasteiger partial charge in [-0.3, -0.25) is 4.90 Å². The van der Waals surface area contributed by atoms with Crippen LogP contribution in [0, 0.1) is 0 Å². The second kappa shape index (κ2) is 6.98. The van der Waals surface area contributed by atoms with Crippen LogP contribution in [0.5, 0.6) is 0 Å². The Morgan fingerprint density at radius 3 is 2.55 bits per heavy atom. The molecule has 1 fully saturated rings. The molecule has 0 aromatic carbocycles. The number of nitrogens with zero attached hydrogens (tertiary/aromatic N) is 3. The quantitative estimate of drug-likeness (QED) is 0.839. The Morgan fingerprint density at radius 2 is 1.95 bits per heavy atom. The number of rotatable bonds is 5. The molecule has 2 heterocycles. The lowest BCUT2D eigenvalue weighted by Gasteiger charge is -2.32. The normalized spacial score (nSPS) is 18.6. The van der Waals surface area contributed by atoms with Gasteiger partial charge < -0.3 is 10.2 Å². The minimum Gasteiger partial charge on any atom is -0.311 e. The van der Waals surface area contributed by atoms with Crippen LogP contribution in [0.1, 0.15) is 30.7 Å². The number of piperazine rings is 1. The van der Waals surface area contributed by atoms with Crippen LogP contribution >= 0.6 is 11.3 Å². The third kappa shape index (κ3) is 4.81. The van der Waals surface area contributed by atoms with Crippen molar-refractivity contribution in [3.63, 3.8) is 0 Å². The Kier molecular flexibility index (Phi) is 5.55. The summed E-state index contributed by atoms with van der Waals surface area (Å²) in [5, 5.41) is 4.77. The van der Waals surface area contributed by atoms with Crippen molar-refractivity contribution in [2.45, 2.75) is 32.7 Å². The van der Waals surface area contributed by atoms with Crippen molar-refractivity contribution < 1.29 is 0 Å². The van der Waals surface area contributed by atoms with E-state index in [4.69, 9.17) is 0 Å². The van der Waals surface area contributed by atoms with Crippen LogP contribution in [0.4, 0.5) is 0 Å². The lowest BCUT2D eigenvalue weighted by atomic mass is 9.98. The molecule has 0 bridgehead atoms. The van der Waals surface area contributed by atoms with E-state index in [2.05, 4.69) is 47.9 Å². The molecular formula is C15H28N4S. The van der Waals surface area contributed by atoms with Gasteiger partial charge in [0.15, 0.2) is 0 Å². The summed E-state index contributed by atoms with van der Waals surface area (Å²) in [5.41, 5.74) is 0.169. The molecule has 20 heavy (non-hydrogen) atoms. The van der Waals surface area contributed by atoms with Crippen LogP contribution < -0.4 is 5.32 Å². The second-order valence-corrected chi connectivity index (χ2v) is 7.82. The van der Waals surface area contributed by atoms with Gasteiger partial charge >= 0.3 is 0 Å². The maximum Gasteiger partial charge on any atom is 0.0981 e. The molecule has 1 saturated heterocycles. The van der Waals surface area contributed by atoms with Crippen molar-refractivity contribution in [2.75, 3.05) is 46.3 Å².